The number of hydrogen-bond acceptors (Lipinski definition) is 4. The summed E-state index contributed by atoms with van der Waals surface area (Å²) in [6.07, 6.45) is 0. The van der Waals surface area contributed by atoms with Crippen molar-refractivity contribution in [3.8, 4) is 28.6 Å². The molecule has 0 bridgehead atoms. The highest BCUT2D eigenvalue weighted by Gasteiger charge is 2.15. The number of hydrogen-bond donors (Lipinski definition) is 2. The van der Waals surface area contributed by atoms with Crippen LogP contribution in [-0.4, -0.2) is 26.9 Å². The minimum absolute atomic E-state index is 0.160. The molecule has 0 saturated heterocycles. The lowest BCUT2D eigenvalue weighted by atomic mass is 10.2. The Balaban J connectivity index is 2.26. The monoisotopic (exact) mass is 270 g/mol. The summed E-state index contributed by atoms with van der Waals surface area (Å²) < 4.78 is 7.05. The number of benzene rings is 2. The summed E-state index contributed by atoms with van der Waals surface area (Å²) in [6.45, 7) is 0. The number of methoxy groups -OCH3 is 1. The first-order chi connectivity index (χ1) is 9.61. The van der Waals surface area contributed by atoms with Crippen LogP contribution in [-0.2, 0) is 7.05 Å². The second kappa shape index (κ2) is 4.45. The van der Waals surface area contributed by atoms with Crippen LogP contribution in [0.5, 0.6) is 17.2 Å². The fourth-order valence-corrected chi connectivity index (χ4v) is 2.26. The molecule has 3 rings (SSSR count). The van der Waals surface area contributed by atoms with E-state index >= 15 is 0 Å². The Morgan fingerprint density at radius 3 is 2.70 bits per heavy atom. The Kier molecular flexibility index (Phi) is 2.75. The fraction of sp³-hybridized carbons (Fsp3) is 0.133. The van der Waals surface area contributed by atoms with Gasteiger partial charge in [0, 0.05) is 13.1 Å². The molecular formula is C15H14N2O3. The van der Waals surface area contributed by atoms with Gasteiger partial charge in [-0.25, -0.2) is 4.98 Å². The summed E-state index contributed by atoms with van der Waals surface area (Å²) in [5.41, 5.74) is 2.18. The molecule has 3 aromatic rings. The molecule has 0 fully saturated rings. The van der Waals surface area contributed by atoms with Crippen molar-refractivity contribution >= 4 is 11.0 Å². The second-order valence-corrected chi connectivity index (χ2v) is 4.52. The standard InChI is InChI=1S/C15H14N2O3/c1-17-12-7-6-9(20-2)8-11(12)16-15(17)10-4-3-5-13(18)14(10)19/h3-8,18-19H,1-2H3. The van der Waals surface area contributed by atoms with Crippen LogP contribution in [0.3, 0.4) is 0 Å². The van der Waals surface area contributed by atoms with Crippen LogP contribution in [0.1, 0.15) is 0 Å². The average Bonchev–Trinajstić information content (AvgIpc) is 2.78. The zero-order valence-corrected chi connectivity index (χ0v) is 11.2. The van der Waals surface area contributed by atoms with Gasteiger partial charge < -0.3 is 19.5 Å². The van der Waals surface area contributed by atoms with Crippen molar-refractivity contribution in [3.63, 3.8) is 0 Å². The molecule has 0 amide bonds. The molecule has 0 saturated carbocycles. The maximum absolute atomic E-state index is 9.97. The van der Waals surface area contributed by atoms with Gasteiger partial charge in [-0.1, -0.05) is 6.07 Å². The molecule has 0 aliphatic carbocycles. The van der Waals surface area contributed by atoms with Gasteiger partial charge in [0.25, 0.3) is 0 Å². The van der Waals surface area contributed by atoms with Gasteiger partial charge in [-0.15, -0.1) is 0 Å². The summed E-state index contributed by atoms with van der Waals surface area (Å²) >= 11 is 0. The van der Waals surface area contributed by atoms with Gasteiger partial charge in [0.15, 0.2) is 11.5 Å². The van der Waals surface area contributed by atoms with E-state index in [4.69, 9.17) is 4.74 Å². The van der Waals surface area contributed by atoms with Gasteiger partial charge in [-0.3, -0.25) is 0 Å². The number of imidazole rings is 1. The van der Waals surface area contributed by atoms with Crippen molar-refractivity contribution in [2.24, 2.45) is 7.05 Å². The number of fused-ring (bicyclic) bond motifs is 1. The van der Waals surface area contributed by atoms with Crippen molar-refractivity contribution in [1.82, 2.24) is 9.55 Å². The predicted molar refractivity (Wildman–Crippen MR) is 76.0 cm³/mol. The van der Waals surface area contributed by atoms with E-state index in [0.717, 1.165) is 16.8 Å². The van der Waals surface area contributed by atoms with Gasteiger partial charge in [0.1, 0.15) is 11.6 Å². The molecule has 1 heterocycles. The van der Waals surface area contributed by atoms with Crippen LogP contribution < -0.4 is 4.74 Å². The van der Waals surface area contributed by atoms with Gasteiger partial charge in [0.2, 0.25) is 0 Å². The Labute approximate surface area is 115 Å². The van der Waals surface area contributed by atoms with Crippen LogP contribution in [0.15, 0.2) is 36.4 Å². The van der Waals surface area contributed by atoms with E-state index in [-0.39, 0.29) is 11.5 Å². The molecule has 102 valence electrons. The predicted octanol–water partition coefficient (Wildman–Crippen LogP) is 2.66. The number of nitrogens with zero attached hydrogens (tertiary/aromatic N) is 2. The molecule has 0 aliphatic heterocycles. The van der Waals surface area contributed by atoms with Crippen molar-refractivity contribution in [2.45, 2.75) is 0 Å². The topological polar surface area (TPSA) is 67.5 Å². The van der Waals surface area contributed by atoms with Crippen molar-refractivity contribution in [2.75, 3.05) is 7.11 Å². The molecular weight excluding hydrogens is 256 g/mol. The van der Waals surface area contributed by atoms with E-state index in [0.29, 0.717) is 11.4 Å². The normalized spacial score (nSPS) is 10.9. The highest BCUT2D eigenvalue weighted by molar-refractivity contribution is 5.83. The van der Waals surface area contributed by atoms with Crippen LogP contribution in [0.2, 0.25) is 0 Å². The largest absolute Gasteiger partial charge is 0.504 e. The van der Waals surface area contributed by atoms with Gasteiger partial charge in [-0.05, 0) is 24.3 Å². The van der Waals surface area contributed by atoms with E-state index < -0.39 is 0 Å². The SMILES string of the molecule is COc1ccc2c(c1)nc(-c1cccc(O)c1O)n2C. The Morgan fingerprint density at radius 2 is 1.95 bits per heavy atom. The second-order valence-electron chi connectivity index (χ2n) is 4.52. The summed E-state index contributed by atoms with van der Waals surface area (Å²) in [7, 11) is 3.46. The van der Waals surface area contributed by atoms with E-state index in [9.17, 15) is 10.2 Å². The van der Waals surface area contributed by atoms with Gasteiger partial charge in [0.05, 0.1) is 23.7 Å². The van der Waals surface area contributed by atoms with Crippen LogP contribution >= 0.6 is 0 Å². The number of ether oxygens (including phenoxy) is 1. The Bertz CT molecular complexity index is 793. The van der Waals surface area contributed by atoms with E-state index in [1.807, 2.05) is 29.8 Å². The third-order valence-corrected chi connectivity index (χ3v) is 3.34. The molecule has 0 aliphatic rings. The van der Waals surface area contributed by atoms with Crippen molar-refractivity contribution in [1.29, 1.82) is 0 Å². The molecule has 5 nitrogen and oxygen atoms in total. The molecule has 2 aromatic carbocycles. The summed E-state index contributed by atoms with van der Waals surface area (Å²) in [5, 5.41) is 19.6. The molecule has 2 N–H and O–H groups in total. The lowest BCUT2D eigenvalue weighted by molar-refractivity contribution is 0.405. The zero-order chi connectivity index (χ0) is 14.3. The third-order valence-electron chi connectivity index (χ3n) is 3.34. The number of phenolic OH excluding ortho intramolecular Hbond substituents is 2. The lowest BCUT2D eigenvalue weighted by Crippen LogP contribution is -1.92. The van der Waals surface area contributed by atoms with Crippen molar-refractivity contribution in [3.05, 3.63) is 36.4 Å². The first-order valence-corrected chi connectivity index (χ1v) is 6.13. The Hall–Kier alpha value is -2.69. The first kappa shape index (κ1) is 12.3. The highest BCUT2D eigenvalue weighted by Crippen LogP contribution is 2.36. The number of rotatable bonds is 2. The highest BCUT2D eigenvalue weighted by atomic mass is 16.5. The van der Waals surface area contributed by atoms with E-state index in [1.54, 1.807) is 19.2 Å². The van der Waals surface area contributed by atoms with Crippen LogP contribution in [0, 0.1) is 0 Å². The molecule has 0 atom stereocenters. The maximum atomic E-state index is 9.97. The average molecular weight is 270 g/mol. The van der Waals surface area contributed by atoms with Crippen LogP contribution in [0.4, 0.5) is 0 Å². The minimum Gasteiger partial charge on any atom is -0.504 e. The molecule has 0 radical (unpaired) electrons. The summed E-state index contributed by atoms with van der Waals surface area (Å²) in [6, 6.07) is 10.4. The number of aryl methyl sites for hydroxylation is 1. The quantitative estimate of drug-likeness (QED) is 0.702. The zero-order valence-electron chi connectivity index (χ0n) is 11.2. The minimum atomic E-state index is -0.169. The van der Waals surface area contributed by atoms with E-state index in [1.165, 1.54) is 6.07 Å². The first-order valence-electron chi connectivity index (χ1n) is 6.13. The molecule has 5 heteroatoms. The van der Waals surface area contributed by atoms with Gasteiger partial charge >= 0.3 is 0 Å². The molecule has 0 unspecified atom stereocenters. The molecule has 20 heavy (non-hydrogen) atoms. The lowest BCUT2D eigenvalue weighted by Gasteiger charge is -2.06. The van der Waals surface area contributed by atoms with Crippen molar-refractivity contribution < 1.29 is 14.9 Å². The fourth-order valence-electron chi connectivity index (χ4n) is 2.26. The number of aromatic nitrogens is 2. The number of para-hydroxylation sites is 1. The summed E-state index contributed by atoms with van der Waals surface area (Å²) in [5.74, 6) is 0.981. The molecule has 1 aromatic heterocycles. The maximum Gasteiger partial charge on any atom is 0.168 e. The molecule has 0 spiro atoms. The number of phenols is 2. The summed E-state index contributed by atoms with van der Waals surface area (Å²) in [4.78, 5) is 4.50. The van der Waals surface area contributed by atoms with E-state index in [2.05, 4.69) is 4.98 Å². The van der Waals surface area contributed by atoms with Gasteiger partial charge in [-0.2, -0.15) is 0 Å². The Morgan fingerprint density at radius 1 is 1.15 bits per heavy atom. The van der Waals surface area contributed by atoms with Crippen LogP contribution in [0.25, 0.3) is 22.4 Å². The third kappa shape index (κ3) is 1.75. The smallest absolute Gasteiger partial charge is 0.168 e. The number of aromatic hydroxyl groups is 2.